The number of amides is 2. The van der Waals surface area contributed by atoms with Crippen LogP contribution in [0, 0.1) is 5.92 Å². The topological polar surface area (TPSA) is 59.1 Å². The molecule has 5 rings (SSSR count). The molecule has 1 atom stereocenters. The monoisotopic (exact) mass is 430 g/mol. The summed E-state index contributed by atoms with van der Waals surface area (Å²) in [6, 6.07) is 17.9. The van der Waals surface area contributed by atoms with Crippen molar-refractivity contribution in [2.45, 2.75) is 19.4 Å². The summed E-state index contributed by atoms with van der Waals surface area (Å²) >= 11 is 0. The molecule has 1 fully saturated rings. The Morgan fingerprint density at radius 2 is 1.69 bits per heavy atom. The van der Waals surface area contributed by atoms with E-state index in [1.165, 1.54) is 5.56 Å². The standard InChI is InChI=1S/C26H26N2O4/c1-31-23-12-18-10-11-27(15-19(18)13-24(23)32-2)26(30)20-14-25(29)28(16-20)22-9-5-7-17-6-3-4-8-21(17)22/h3-9,12-13,20H,10-11,14-16H2,1-2H3/t20-/m0/s1. The first-order valence-corrected chi connectivity index (χ1v) is 10.9. The van der Waals surface area contributed by atoms with Crippen molar-refractivity contribution in [2.75, 3.05) is 32.2 Å². The zero-order valence-electron chi connectivity index (χ0n) is 18.3. The van der Waals surface area contributed by atoms with Gasteiger partial charge >= 0.3 is 0 Å². The first-order chi connectivity index (χ1) is 15.6. The molecule has 0 aromatic heterocycles. The molecule has 2 amide bonds. The van der Waals surface area contributed by atoms with Crippen LogP contribution in [0.2, 0.25) is 0 Å². The fourth-order valence-corrected chi connectivity index (χ4v) is 4.88. The van der Waals surface area contributed by atoms with Crippen LogP contribution in [0.4, 0.5) is 5.69 Å². The molecule has 1 saturated heterocycles. The number of benzene rings is 3. The summed E-state index contributed by atoms with van der Waals surface area (Å²) in [6.45, 7) is 1.58. The number of fused-ring (bicyclic) bond motifs is 2. The third-order valence-corrected chi connectivity index (χ3v) is 6.56. The minimum Gasteiger partial charge on any atom is -0.493 e. The van der Waals surface area contributed by atoms with E-state index in [2.05, 4.69) is 0 Å². The average Bonchev–Trinajstić information content (AvgIpc) is 3.23. The van der Waals surface area contributed by atoms with Gasteiger partial charge in [0.1, 0.15) is 0 Å². The minimum atomic E-state index is -0.330. The van der Waals surface area contributed by atoms with Gasteiger partial charge in [-0.1, -0.05) is 36.4 Å². The Hall–Kier alpha value is -3.54. The number of carbonyl (C=O) groups excluding carboxylic acids is 2. The molecule has 0 saturated carbocycles. The molecule has 2 heterocycles. The van der Waals surface area contributed by atoms with E-state index < -0.39 is 0 Å². The molecule has 0 spiro atoms. The SMILES string of the molecule is COc1cc2c(cc1OC)CN(C(=O)[C@H]1CC(=O)N(c3cccc4ccccc34)C1)CC2. The van der Waals surface area contributed by atoms with Gasteiger partial charge in [0.2, 0.25) is 11.8 Å². The number of nitrogens with zero attached hydrogens (tertiary/aromatic N) is 2. The normalized spacial score (nSPS) is 18.1. The fourth-order valence-electron chi connectivity index (χ4n) is 4.88. The zero-order chi connectivity index (χ0) is 22.2. The smallest absolute Gasteiger partial charge is 0.228 e. The van der Waals surface area contributed by atoms with Crippen molar-refractivity contribution < 1.29 is 19.1 Å². The van der Waals surface area contributed by atoms with Crippen LogP contribution in [-0.4, -0.2) is 44.0 Å². The Morgan fingerprint density at radius 1 is 0.969 bits per heavy atom. The van der Waals surface area contributed by atoms with Crippen molar-refractivity contribution in [3.8, 4) is 11.5 Å². The maximum atomic E-state index is 13.4. The zero-order valence-corrected chi connectivity index (χ0v) is 18.3. The summed E-state index contributed by atoms with van der Waals surface area (Å²) in [5, 5.41) is 2.12. The fraction of sp³-hybridized carbons (Fsp3) is 0.308. The first-order valence-electron chi connectivity index (χ1n) is 10.9. The lowest BCUT2D eigenvalue weighted by Crippen LogP contribution is -2.40. The van der Waals surface area contributed by atoms with E-state index in [4.69, 9.17) is 9.47 Å². The maximum absolute atomic E-state index is 13.4. The molecule has 32 heavy (non-hydrogen) atoms. The summed E-state index contributed by atoms with van der Waals surface area (Å²) < 4.78 is 10.8. The van der Waals surface area contributed by atoms with E-state index in [-0.39, 0.29) is 24.2 Å². The third kappa shape index (κ3) is 3.45. The minimum absolute atomic E-state index is 0.00326. The summed E-state index contributed by atoms with van der Waals surface area (Å²) in [6.07, 6.45) is 1.01. The van der Waals surface area contributed by atoms with Gasteiger partial charge in [0.15, 0.2) is 11.5 Å². The molecule has 6 heteroatoms. The molecular formula is C26H26N2O4. The number of hydrogen-bond acceptors (Lipinski definition) is 4. The predicted octanol–water partition coefficient (Wildman–Crippen LogP) is 3.79. The number of methoxy groups -OCH3 is 2. The van der Waals surface area contributed by atoms with Gasteiger partial charge in [0.25, 0.3) is 0 Å². The third-order valence-electron chi connectivity index (χ3n) is 6.56. The van der Waals surface area contributed by atoms with Crippen LogP contribution < -0.4 is 14.4 Å². The molecule has 0 N–H and O–H groups in total. The number of rotatable bonds is 4. The van der Waals surface area contributed by atoms with Crippen molar-refractivity contribution in [1.82, 2.24) is 4.90 Å². The summed E-state index contributed by atoms with van der Waals surface area (Å²) in [5.41, 5.74) is 3.12. The molecule has 3 aromatic rings. The van der Waals surface area contributed by atoms with E-state index >= 15 is 0 Å². The second-order valence-corrected chi connectivity index (χ2v) is 8.39. The molecule has 2 aliphatic rings. The number of ether oxygens (including phenoxy) is 2. The Bertz CT molecular complexity index is 1200. The van der Waals surface area contributed by atoms with Crippen LogP contribution in [0.25, 0.3) is 10.8 Å². The second-order valence-electron chi connectivity index (χ2n) is 8.39. The van der Waals surface area contributed by atoms with Gasteiger partial charge < -0.3 is 19.3 Å². The van der Waals surface area contributed by atoms with Crippen molar-refractivity contribution in [2.24, 2.45) is 5.92 Å². The van der Waals surface area contributed by atoms with E-state index in [0.717, 1.165) is 28.4 Å². The van der Waals surface area contributed by atoms with E-state index in [9.17, 15) is 9.59 Å². The lowest BCUT2D eigenvalue weighted by molar-refractivity contribution is -0.136. The molecule has 0 radical (unpaired) electrons. The molecule has 6 nitrogen and oxygen atoms in total. The Labute approximate surface area is 187 Å². The van der Waals surface area contributed by atoms with Crippen molar-refractivity contribution in [3.63, 3.8) is 0 Å². The summed E-state index contributed by atoms with van der Waals surface area (Å²) in [7, 11) is 3.24. The van der Waals surface area contributed by atoms with Gasteiger partial charge in [0, 0.05) is 31.4 Å². The van der Waals surface area contributed by atoms with Crippen molar-refractivity contribution in [3.05, 3.63) is 65.7 Å². The molecule has 3 aromatic carbocycles. The van der Waals surface area contributed by atoms with Crippen LogP contribution in [-0.2, 0) is 22.6 Å². The molecule has 0 aliphatic carbocycles. The molecule has 164 valence electrons. The highest BCUT2D eigenvalue weighted by molar-refractivity contribution is 6.07. The molecule has 0 unspecified atom stereocenters. The van der Waals surface area contributed by atoms with Crippen LogP contribution in [0.15, 0.2) is 54.6 Å². The van der Waals surface area contributed by atoms with Gasteiger partial charge in [-0.15, -0.1) is 0 Å². The van der Waals surface area contributed by atoms with E-state index in [1.807, 2.05) is 59.5 Å². The summed E-state index contributed by atoms with van der Waals surface area (Å²) in [5.74, 6) is 1.09. The summed E-state index contributed by atoms with van der Waals surface area (Å²) in [4.78, 5) is 29.9. The Morgan fingerprint density at radius 3 is 2.47 bits per heavy atom. The average molecular weight is 431 g/mol. The van der Waals surface area contributed by atoms with Crippen LogP contribution >= 0.6 is 0 Å². The van der Waals surface area contributed by atoms with Gasteiger partial charge in [-0.2, -0.15) is 0 Å². The van der Waals surface area contributed by atoms with Gasteiger partial charge in [0.05, 0.1) is 25.8 Å². The highest BCUT2D eigenvalue weighted by atomic mass is 16.5. The molecular weight excluding hydrogens is 404 g/mol. The lowest BCUT2D eigenvalue weighted by Gasteiger charge is -2.31. The van der Waals surface area contributed by atoms with Crippen LogP contribution in [0.3, 0.4) is 0 Å². The quantitative estimate of drug-likeness (QED) is 0.632. The van der Waals surface area contributed by atoms with Gasteiger partial charge in [-0.05, 0) is 41.1 Å². The molecule has 0 bridgehead atoms. The van der Waals surface area contributed by atoms with Crippen LogP contribution in [0.5, 0.6) is 11.5 Å². The lowest BCUT2D eigenvalue weighted by atomic mass is 9.97. The predicted molar refractivity (Wildman–Crippen MR) is 123 cm³/mol. The van der Waals surface area contributed by atoms with E-state index in [0.29, 0.717) is 31.1 Å². The number of carbonyl (C=O) groups is 2. The Balaban J connectivity index is 1.35. The van der Waals surface area contributed by atoms with Crippen molar-refractivity contribution in [1.29, 1.82) is 0 Å². The van der Waals surface area contributed by atoms with Gasteiger partial charge in [-0.25, -0.2) is 0 Å². The van der Waals surface area contributed by atoms with Gasteiger partial charge in [-0.3, -0.25) is 9.59 Å². The molecule has 2 aliphatic heterocycles. The number of anilines is 1. The second kappa shape index (κ2) is 8.19. The Kier molecular flexibility index (Phi) is 5.21. The van der Waals surface area contributed by atoms with E-state index in [1.54, 1.807) is 19.1 Å². The maximum Gasteiger partial charge on any atom is 0.228 e. The largest absolute Gasteiger partial charge is 0.493 e. The highest BCUT2D eigenvalue weighted by Crippen LogP contribution is 2.35. The highest BCUT2D eigenvalue weighted by Gasteiger charge is 2.38. The van der Waals surface area contributed by atoms with Crippen LogP contribution in [0.1, 0.15) is 17.5 Å². The van der Waals surface area contributed by atoms with Crippen molar-refractivity contribution >= 4 is 28.3 Å². The number of hydrogen-bond donors (Lipinski definition) is 0. The first kappa shape index (κ1) is 20.4.